The smallest absolute Gasteiger partial charge is 0.387 e. The Bertz CT molecular complexity index is 896. The summed E-state index contributed by atoms with van der Waals surface area (Å²) < 4.78 is 23.6. The van der Waals surface area contributed by atoms with Gasteiger partial charge in [0.25, 0.3) is 0 Å². The van der Waals surface area contributed by atoms with Crippen LogP contribution in [0.15, 0.2) is 12.2 Å². The van der Waals surface area contributed by atoms with Crippen LogP contribution < -0.4 is 5.32 Å². The Morgan fingerprint density at radius 2 is 0.981 bits per heavy atom. The molecule has 1 amide bonds. The molecular formula is C45H92N2O6P+. The fourth-order valence-electron chi connectivity index (χ4n) is 6.81. The molecule has 0 aromatic carbocycles. The zero-order chi connectivity index (χ0) is 40.0. The average molecular weight is 788 g/mol. The highest BCUT2D eigenvalue weighted by molar-refractivity contribution is 7.47. The van der Waals surface area contributed by atoms with E-state index in [-0.39, 0.29) is 19.1 Å². The molecular weight excluding hydrogens is 695 g/mol. The number of phosphoric ester groups is 1. The van der Waals surface area contributed by atoms with Crippen molar-refractivity contribution in [3.63, 3.8) is 0 Å². The van der Waals surface area contributed by atoms with Gasteiger partial charge >= 0.3 is 7.82 Å². The van der Waals surface area contributed by atoms with Crippen LogP contribution in [0, 0.1) is 0 Å². The summed E-state index contributed by atoms with van der Waals surface area (Å²) in [4.78, 5) is 23.1. The number of likely N-dealkylation sites (N-methyl/N-ethyl adjacent to an activating group) is 1. The van der Waals surface area contributed by atoms with Gasteiger partial charge in [-0.05, 0) is 19.3 Å². The van der Waals surface area contributed by atoms with Gasteiger partial charge in [0.15, 0.2) is 0 Å². The number of amides is 1. The predicted molar refractivity (Wildman–Crippen MR) is 231 cm³/mol. The first-order chi connectivity index (χ1) is 26.0. The lowest BCUT2D eigenvalue weighted by molar-refractivity contribution is -0.870. The second kappa shape index (κ2) is 37.8. The largest absolute Gasteiger partial charge is 0.472 e. The quantitative estimate of drug-likeness (QED) is 0.0246. The maximum absolute atomic E-state index is 12.8. The lowest BCUT2D eigenvalue weighted by Gasteiger charge is -2.25. The molecule has 8 nitrogen and oxygen atoms in total. The van der Waals surface area contributed by atoms with Crippen LogP contribution in [0.3, 0.4) is 0 Å². The molecule has 0 saturated heterocycles. The monoisotopic (exact) mass is 788 g/mol. The summed E-state index contributed by atoms with van der Waals surface area (Å²) in [6, 6.07) is -0.839. The van der Waals surface area contributed by atoms with Crippen molar-refractivity contribution in [3.8, 4) is 0 Å². The number of phosphoric acid groups is 1. The summed E-state index contributed by atoms with van der Waals surface area (Å²) in [6.45, 7) is 4.83. The number of carbonyl (C=O) groups excluding carboxylic acids is 1. The minimum absolute atomic E-state index is 0.0646. The molecule has 0 fully saturated rings. The lowest BCUT2D eigenvalue weighted by atomic mass is 10.0. The maximum atomic E-state index is 12.8. The van der Waals surface area contributed by atoms with Crippen molar-refractivity contribution in [1.29, 1.82) is 0 Å². The van der Waals surface area contributed by atoms with Crippen LogP contribution in [0.1, 0.15) is 219 Å². The summed E-state index contributed by atoms with van der Waals surface area (Å²) in [5, 5.41) is 13.8. The fraction of sp³-hybridized carbons (Fsp3) is 0.933. The SMILES string of the molecule is CCCCCCCCCCCCCCCCCCCC/C=C/C(O)C(COP(=O)(O)OCC[N+](C)(C)C)NC(=O)CCCCCCCCCCCCCC. The Morgan fingerprint density at radius 3 is 1.37 bits per heavy atom. The number of unbranched alkanes of at least 4 members (excludes halogenated alkanes) is 29. The zero-order valence-corrected chi connectivity index (χ0v) is 37.4. The van der Waals surface area contributed by atoms with Crippen LogP contribution in [0.2, 0.25) is 0 Å². The molecule has 0 aromatic heterocycles. The van der Waals surface area contributed by atoms with E-state index in [1.165, 1.54) is 167 Å². The van der Waals surface area contributed by atoms with E-state index in [1.54, 1.807) is 6.08 Å². The van der Waals surface area contributed by atoms with Gasteiger partial charge in [0.1, 0.15) is 13.2 Å². The number of hydrogen-bond donors (Lipinski definition) is 3. The number of nitrogens with one attached hydrogen (secondary N) is 1. The number of hydrogen-bond acceptors (Lipinski definition) is 5. The Kier molecular flexibility index (Phi) is 37.3. The minimum atomic E-state index is -4.33. The molecule has 3 N–H and O–H groups in total. The highest BCUT2D eigenvalue weighted by atomic mass is 31.2. The Morgan fingerprint density at radius 1 is 0.611 bits per heavy atom. The van der Waals surface area contributed by atoms with Crippen molar-refractivity contribution in [3.05, 3.63) is 12.2 Å². The third-order valence-electron chi connectivity index (χ3n) is 10.5. The van der Waals surface area contributed by atoms with Crippen molar-refractivity contribution in [2.75, 3.05) is 40.9 Å². The molecule has 3 unspecified atom stereocenters. The third-order valence-corrected chi connectivity index (χ3v) is 11.5. The highest BCUT2D eigenvalue weighted by Crippen LogP contribution is 2.43. The normalized spacial score (nSPS) is 14.4. The number of aliphatic hydroxyl groups excluding tert-OH is 1. The molecule has 0 spiro atoms. The molecule has 0 rings (SSSR count). The van der Waals surface area contributed by atoms with E-state index in [2.05, 4.69) is 19.2 Å². The lowest BCUT2D eigenvalue weighted by Crippen LogP contribution is -2.45. The summed E-state index contributed by atoms with van der Waals surface area (Å²) in [6.07, 6.45) is 42.8. The molecule has 0 saturated carbocycles. The van der Waals surface area contributed by atoms with Crippen molar-refractivity contribution in [2.24, 2.45) is 0 Å². The van der Waals surface area contributed by atoms with Crippen LogP contribution in [-0.2, 0) is 18.4 Å². The molecule has 322 valence electrons. The molecule has 0 heterocycles. The van der Waals surface area contributed by atoms with Gasteiger partial charge in [-0.1, -0.05) is 206 Å². The van der Waals surface area contributed by atoms with Crippen LogP contribution in [0.5, 0.6) is 0 Å². The van der Waals surface area contributed by atoms with Crippen LogP contribution in [-0.4, -0.2) is 73.4 Å². The Hall–Kier alpha value is -0.760. The molecule has 0 aliphatic carbocycles. The third kappa shape index (κ3) is 39.5. The number of carbonyl (C=O) groups is 1. The first kappa shape index (κ1) is 53.2. The molecule has 3 atom stereocenters. The topological polar surface area (TPSA) is 105 Å². The van der Waals surface area contributed by atoms with Crippen molar-refractivity contribution >= 4 is 13.7 Å². The summed E-state index contributed by atoms with van der Waals surface area (Å²) in [5.74, 6) is -0.176. The highest BCUT2D eigenvalue weighted by Gasteiger charge is 2.27. The van der Waals surface area contributed by atoms with Gasteiger partial charge in [-0.25, -0.2) is 4.57 Å². The van der Waals surface area contributed by atoms with Gasteiger partial charge in [-0.15, -0.1) is 0 Å². The van der Waals surface area contributed by atoms with Crippen LogP contribution >= 0.6 is 7.82 Å². The van der Waals surface area contributed by atoms with Gasteiger partial charge in [0.05, 0.1) is 39.9 Å². The van der Waals surface area contributed by atoms with E-state index in [1.807, 2.05) is 27.2 Å². The summed E-state index contributed by atoms with van der Waals surface area (Å²) >= 11 is 0. The second-order valence-electron chi connectivity index (χ2n) is 17.1. The Labute approximate surface area is 335 Å². The standard InChI is InChI=1S/C45H91N2O6P/c1-6-8-10-12-14-16-18-20-21-22-23-24-25-26-27-28-30-32-34-36-38-44(48)43(42-53-54(50,51)52-41-40-47(3,4)5)46-45(49)39-37-35-33-31-29-19-17-15-13-11-9-7-2/h36,38,43-44,48H,6-35,37,39-42H2,1-5H3,(H-,46,49,50,51)/p+1/b38-36+. The fourth-order valence-corrected chi connectivity index (χ4v) is 7.54. The van der Waals surface area contributed by atoms with E-state index in [4.69, 9.17) is 9.05 Å². The first-order valence-corrected chi connectivity index (χ1v) is 24.6. The van der Waals surface area contributed by atoms with Crippen LogP contribution in [0.25, 0.3) is 0 Å². The van der Waals surface area contributed by atoms with Gasteiger partial charge < -0.3 is 19.8 Å². The van der Waals surface area contributed by atoms with E-state index in [9.17, 15) is 19.4 Å². The summed E-state index contributed by atoms with van der Waals surface area (Å²) in [7, 11) is 1.58. The molecule has 0 radical (unpaired) electrons. The molecule has 0 bridgehead atoms. The second-order valence-corrected chi connectivity index (χ2v) is 18.6. The van der Waals surface area contributed by atoms with Gasteiger partial charge in [0, 0.05) is 6.42 Å². The number of allylic oxidation sites excluding steroid dienone is 1. The number of quaternary nitrogens is 1. The van der Waals surface area contributed by atoms with Gasteiger partial charge in [-0.3, -0.25) is 13.8 Å². The molecule has 0 aromatic rings. The van der Waals surface area contributed by atoms with Crippen molar-refractivity contribution < 1.29 is 32.9 Å². The molecule has 54 heavy (non-hydrogen) atoms. The van der Waals surface area contributed by atoms with Crippen molar-refractivity contribution in [1.82, 2.24) is 5.32 Å². The zero-order valence-electron chi connectivity index (χ0n) is 36.5. The van der Waals surface area contributed by atoms with Crippen molar-refractivity contribution in [2.45, 2.75) is 231 Å². The molecule has 0 aliphatic heterocycles. The van der Waals surface area contributed by atoms with E-state index in [0.717, 1.165) is 32.1 Å². The number of aliphatic hydroxyl groups is 1. The number of nitrogens with zero attached hydrogens (tertiary/aromatic N) is 1. The van der Waals surface area contributed by atoms with E-state index < -0.39 is 20.0 Å². The number of rotatable bonds is 42. The van der Waals surface area contributed by atoms with E-state index >= 15 is 0 Å². The summed E-state index contributed by atoms with van der Waals surface area (Å²) in [5.41, 5.74) is 0. The average Bonchev–Trinajstić information content (AvgIpc) is 3.12. The first-order valence-electron chi connectivity index (χ1n) is 23.1. The molecule has 0 aliphatic rings. The van der Waals surface area contributed by atoms with Gasteiger partial charge in [-0.2, -0.15) is 0 Å². The minimum Gasteiger partial charge on any atom is -0.387 e. The van der Waals surface area contributed by atoms with E-state index in [0.29, 0.717) is 17.4 Å². The molecule has 9 heteroatoms. The maximum Gasteiger partial charge on any atom is 0.472 e. The van der Waals surface area contributed by atoms with Gasteiger partial charge in [0.2, 0.25) is 5.91 Å². The predicted octanol–water partition coefficient (Wildman–Crippen LogP) is 12.8. The van der Waals surface area contributed by atoms with Crippen LogP contribution in [0.4, 0.5) is 0 Å². The Balaban J connectivity index is 4.34.